The summed E-state index contributed by atoms with van der Waals surface area (Å²) >= 11 is 6.01. The van der Waals surface area contributed by atoms with Gasteiger partial charge >= 0.3 is 0 Å². The van der Waals surface area contributed by atoms with Crippen LogP contribution < -0.4 is 5.73 Å². The highest BCUT2D eigenvalue weighted by Crippen LogP contribution is 2.25. The number of halogens is 3. The van der Waals surface area contributed by atoms with Crippen LogP contribution in [0.4, 0.5) is 8.78 Å². The van der Waals surface area contributed by atoms with Gasteiger partial charge in [-0.05, 0) is 29.7 Å². The maximum Gasteiger partial charge on any atom is 0.162 e. The molecule has 4 heteroatoms. The summed E-state index contributed by atoms with van der Waals surface area (Å²) in [6, 6.07) is 10.7. The molecule has 0 amide bonds. The summed E-state index contributed by atoms with van der Waals surface area (Å²) in [5.41, 5.74) is 6.95. The maximum absolute atomic E-state index is 13.5. The second-order valence-electron chi connectivity index (χ2n) is 4.05. The molecule has 0 radical (unpaired) electrons. The molecule has 1 atom stereocenters. The number of benzene rings is 2. The highest BCUT2D eigenvalue weighted by molar-refractivity contribution is 6.31. The lowest BCUT2D eigenvalue weighted by molar-refractivity contribution is 0.494. The van der Waals surface area contributed by atoms with Crippen LogP contribution in [0.1, 0.15) is 17.2 Å². The number of hydrogen-bond donors (Lipinski definition) is 1. The third kappa shape index (κ3) is 2.68. The van der Waals surface area contributed by atoms with E-state index in [2.05, 4.69) is 0 Å². The summed E-state index contributed by atoms with van der Waals surface area (Å²) in [6.07, 6.45) is 0.202. The Morgan fingerprint density at radius 3 is 2.50 bits per heavy atom. The lowest BCUT2D eigenvalue weighted by Gasteiger charge is -2.14. The second-order valence-corrected chi connectivity index (χ2v) is 4.45. The van der Waals surface area contributed by atoms with Crippen molar-refractivity contribution in [1.29, 1.82) is 0 Å². The first-order chi connectivity index (χ1) is 8.59. The summed E-state index contributed by atoms with van der Waals surface area (Å²) in [7, 11) is 0. The van der Waals surface area contributed by atoms with Crippen molar-refractivity contribution < 1.29 is 8.78 Å². The van der Waals surface area contributed by atoms with E-state index in [4.69, 9.17) is 17.3 Å². The first-order valence-electron chi connectivity index (χ1n) is 5.52. The van der Waals surface area contributed by atoms with Crippen LogP contribution in [0.5, 0.6) is 0 Å². The summed E-state index contributed by atoms with van der Waals surface area (Å²) in [5.74, 6) is -1.71. The molecule has 18 heavy (non-hydrogen) atoms. The quantitative estimate of drug-likeness (QED) is 0.898. The fraction of sp³-hybridized carbons (Fsp3) is 0.143. The Bertz CT molecular complexity index is 557. The first-order valence-corrected chi connectivity index (χ1v) is 5.90. The van der Waals surface area contributed by atoms with Gasteiger partial charge in [0.1, 0.15) is 0 Å². The van der Waals surface area contributed by atoms with E-state index in [0.29, 0.717) is 5.02 Å². The Labute approximate surface area is 109 Å². The van der Waals surface area contributed by atoms with Crippen LogP contribution >= 0.6 is 11.6 Å². The van der Waals surface area contributed by atoms with Crippen LogP contribution in [0.15, 0.2) is 42.5 Å². The molecule has 1 unspecified atom stereocenters. The van der Waals surface area contributed by atoms with E-state index in [0.717, 1.165) is 11.6 Å². The molecule has 0 saturated carbocycles. The molecule has 94 valence electrons. The molecule has 0 aromatic heterocycles. The van der Waals surface area contributed by atoms with E-state index in [1.165, 1.54) is 12.1 Å². The fourth-order valence-electron chi connectivity index (χ4n) is 1.83. The van der Waals surface area contributed by atoms with Gasteiger partial charge in [0.15, 0.2) is 11.6 Å². The molecule has 1 nitrogen and oxygen atoms in total. The second kappa shape index (κ2) is 5.46. The van der Waals surface area contributed by atoms with Gasteiger partial charge in [0.2, 0.25) is 0 Å². The minimum absolute atomic E-state index is 0.202. The predicted molar refractivity (Wildman–Crippen MR) is 68.4 cm³/mol. The van der Waals surface area contributed by atoms with Crippen molar-refractivity contribution in [2.75, 3.05) is 0 Å². The summed E-state index contributed by atoms with van der Waals surface area (Å²) < 4.78 is 26.6. The van der Waals surface area contributed by atoms with Crippen LogP contribution in [0, 0.1) is 11.6 Å². The van der Waals surface area contributed by atoms with Crippen molar-refractivity contribution >= 4 is 11.6 Å². The molecule has 0 saturated heterocycles. The molecule has 0 aliphatic carbocycles. The lowest BCUT2D eigenvalue weighted by Crippen LogP contribution is -2.15. The van der Waals surface area contributed by atoms with Crippen molar-refractivity contribution in [1.82, 2.24) is 0 Å². The number of hydrogen-bond acceptors (Lipinski definition) is 1. The molecule has 2 aromatic rings. The van der Waals surface area contributed by atoms with E-state index in [1.807, 2.05) is 6.07 Å². The third-order valence-corrected chi connectivity index (χ3v) is 3.12. The molecule has 2 aromatic carbocycles. The molecule has 0 fully saturated rings. The molecular formula is C14H12ClF2N. The Balaban J connectivity index is 2.24. The van der Waals surface area contributed by atoms with E-state index >= 15 is 0 Å². The highest BCUT2D eigenvalue weighted by Gasteiger charge is 2.14. The maximum atomic E-state index is 13.5. The zero-order valence-corrected chi connectivity index (χ0v) is 10.3. The highest BCUT2D eigenvalue weighted by atomic mass is 35.5. The summed E-state index contributed by atoms with van der Waals surface area (Å²) in [5, 5.41) is 0.529. The van der Waals surface area contributed by atoms with Gasteiger partial charge in [-0.3, -0.25) is 0 Å². The topological polar surface area (TPSA) is 26.0 Å². The van der Waals surface area contributed by atoms with Crippen molar-refractivity contribution in [2.24, 2.45) is 5.73 Å². The molecule has 0 aliphatic heterocycles. The van der Waals surface area contributed by atoms with Crippen LogP contribution in [0.3, 0.4) is 0 Å². The smallest absolute Gasteiger partial charge is 0.162 e. The van der Waals surface area contributed by atoms with E-state index < -0.39 is 17.7 Å². The summed E-state index contributed by atoms with van der Waals surface area (Å²) in [6.45, 7) is 0. The minimum atomic E-state index is -0.862. The Morgan fingerprint density at radius 1 is 1.06 bits per heavy atom. The van der Waals surface area contributed by atoms with E-state index in [9.17, 15) is 8.78 Å². The van der Waals surface area contributed by atoms with Crippen LogP contribution in [-0.2, 0) is 6.42 Å². The van der Waals surface area contributed by atoms with E-state index in [-0.39, 0.29) is 12.0 Å². The molecule has 0 heterocycles. The van der Waals surface area contributed by atoms with Crippen molar-refractivity contribution in [3.05, 3.63) is 70.2 Å². The van der Waals surface area contributed by atoms with Crippen LogP contribution in [0.25, 0.3) is 0 Å². The van der Waals surface area contributed by atoms with E-state index in [1.54, 1.807) is 18.2 Å². The lowest BCUT2D eigenvalue weighted by atomic mass is 9.99. The van der Waals surface area contributed by atoms with Crippen molar-refractivity contribution in [3.63, 3.8) is 0 Å². The molecule has 2 N–H and O–H groups in total. The van der Waals surface area contributed by atoms with Crippen LogP contribution in [-0.4, -0.2) is 0 Å². The first kappa shape index (κ1) is 13.0. The van der Waals surface area contributed by atoms with Gasteiger partial charge in [-0.2, -0.15) is 0 Å². The molecule has 0 spiro atoms. The average molecular weight is 268 g/mol. The van der Waals surface area contributed by atoms with Gasteiger partial charge in [-0.15, -0.1) is 0 Å². The molecule has 2 rings (SSSR count). The van der Waals surface area contributed by atoms with Gasteiger partial charge in [-0.25, -0.2) is 8.78 Å². The van der Waals surface area contributed by atoms with Crippen molar-refractivity contribution in [3.8, 4) is 0 Å². The van der Waals surface area contributed by atoms with Gasteiger partial charge < -0.3 is 5.73 Å². The molecule has 0 bridgehead atoms. The van der Waals surface area contributed by atoms with Gasteiger partial charge in [0.05, 0.1) is 0 Å². The van der Waals surface area contributed by atoms with Crippen molar-refractivity contribution in [2.45, 2.75) is 12.5 Å². The predicted octanol–water partition coefficient (Wildman–Crippen LogP) is 3.86. The number of rotatable bonds is 3. The third-order valence-electron chi connectivity index (χ3n) is 2.78. The van der Waals surface area contributed by atoms with Gasteiger partial charge in [0, 0.05) is 11.1 Å². The normalized spacial score (nSPS) is 12.4. The van der Waals surface area contributed by atoms with Gasteiger partial charge in [0.25, 0.3) is 0 Å². The summed E-state index contributed by atoms with van der Waals surface area (Å²) in [4.78, 5) is 0. The Kier molecular flexibility index (Phi) is 3.94. The standard InChI is InChI=1S/C14H12ClF2N/c15-11-6-2-1-5-10(11)13(18)8-9-4-3-7-12(16)14(9)17/h1-7,13H,8,18H2. The zero-order chi connectivity index (χ0) is 13.1. The zero-order valence-electron chi connectivity index (χ0n) is 9.54. The monoisotopic (exact) mass is 267 g/mol. The Hall–Kier alpha value is -1.45. The van der Waals surface area contributed by atoms with Gasteiger partial charge in [-0.1, -0.05) is 41.9 Å². The average Bonchev–Trinajstić information content (AvgIpc) is 2.35. The SMILES string of the molecule is NC(Cc1cccc(F)c1F)c1ccccc1Cl. The largest absolute Gasteiger partial charge is 0.324 e. The minimum Gasteiger partial charge on any atom is -0.324 e. The fourth-order valence-corrected chi connectivity index (χ4v) is 2.10. The molecular weight excluding hydrogens is 256 g/mol. The Morgan fingerprint density at radius 2 is 1.78 bits per heavy atom. The number of nitrogens with two attached hydrogens (primary N) is 1. The molecule has 0 aliphatic rings. The van der Waals surface area contributed by atoms with Crippen LogP contribution in [0.2, 0.25) is 5.02 Å².